The van der Waals surface area contributed by atoms with Crippen LogP contribution in [0.25, 0.3) is 0 Å². The van der Waals surface area contributed by atoms with Crippen LogP contribution in [0.2, 0.25) is 0 Å². The number of benzene rings is 1. The van der Waals surface area contributed by atoms with E-state index in [2.05, 4.69) is 26.5 Å². The van der Waals surface area contributed by atoms with Crippen LogP contribution in [0.15, 0.2) is 29.9 Å². The van der Waals surface area contributed by atoms with Crippen LogP contribution in [-0.4, -0.2) is 15.3 Å². The summed E-state index contributed by atoms with van der Waals surface area (Å²) in [4.78, 5) is 0. The van der Waals surface area contributed by atoms with Crippen molar-refractivity contribution in [1.29, 1.82) is 0 Å². The van der Waals surface area contributed by atoms with Gasteiger partial charge in [0.25, 0.3) is 0 Å². The summed E-state index contributed by atoms with van der Waals surface area (Å²) >= 11 is 0. The molecular formula is C21H30O3. The van der Waals surface area contributed by atoms with Crippen LogP contribution in [0.1, 0.15) is 69.9 Å². The van der Waals surface area contributed by atoms with Gasteiger partial charge in [0.2, 0.25) is 0 Å². The zero-order valence-corrected chi connectivity index (χ0v) is 15.1. The Morgan fingerprint density at radius 1 is 1.21 bits per heavy atom. The molecule has 3 nitrogen and oxygen atoms in total. The predicted octanol–water partition coefficient (Wildman–Crippen LogP) is 5.55. The topological polar surface area (TPSA) is 60.7 Å². The monoisotopic (exact) mass is 330 g/mol. The third kappa shape index (κ3) is 3.77. The van der Waals surface area contributed by atoms with E-state index >= 15 is 0 Å². The molecule has 0 aliphatic heterocycles. The van der Waals surface area contributed by atoms with Crippen LogP contribution < -0.4 is 0 Å². The number of hydrogen-bond donors (Lipinski definition) is 3. The Hall–Kier alpha value is -1.90. The first-order valence-corrected chi connectivity index (χ1v) is 8.96. The van der Waals surface area contributed by atoms with Crippen molar-refractivity contribution in [2.45, 2.75) is 65.2 Å². The van der Waals surface area contributed by atoms with Crippen LogP contribution >= 0.6 is 0 Å². The third-order valence-corrected chi connectivity index (χ3v) is 5.13. The summed E-state index contributed by atoms with van der Waals surface area (Å²) in [5.74, 6) is -0.179. The molecule has 0 fully saturated rings. The first kappa shape index (κ1) is 18.4. The molecule has 0 radical (unpaired) electrons. The van der Waals surface area contributed by atoms with Crippen molar-refractivity contribution < 1.29 is 15.3 Å². The van der Waals surface area contributed by atoms with Crippen molar-refractivity contribution in [2.24, 2.45) is 5.92 Å². The normalized spacial score (nSPS) is 20.7. The zero-order valence-electron chi connectivity index (χ0n) is 15.1. The van der Waals surface area contributed by atoms with Gasteiger partial charge in [0.1, 0.15) is 5.75 Å². The highest BCUT2D eigenvalue weighted by Gasteiger charge is 2.31. The van der Waals surface area contributed by atoms with Crippen molar-refractivity contribution in [2.75, 3.05) is 0 Å². The van der Waals surface area contributed by atoms with Crippen LogP contribution in [0, 0.1) is 5.92 Å². The highest BCUT2D eigenvalue weighted by molar-refractivity contribution is 5.59. The van der Waals surface area contributed by atoms with Crippen LogP contribution in [0.5, 0.6) is 17.2 Å². The van der Waals surface area contributed by atoms with Gasteiger partial charge < -0.3 is 15.3 Å². The van der Waals surface area contributed by atoms with Gasteiger partial charge >= 0.3 is 0 Å². The lowest BCUT2D eigenvalue weighted by molar-refractivity contribution is 0.370. The maximum atomic E-state index is 10.6. The average molecular weight is 330 g/mol. The Kier molecular flexibility index (Phi) is 5.98. The maximum Gasteiger partial charge on any atom is 0.165 e. The molecule has 0 saturated carbocycles. The number of rotatable bonds is 6. The van der Waals surface area contributed by atoms with Crippen molar-refractivity contribution >= 4 is 0 Å². The van der Waals surface area contributed by atoms with Crippen molar-refractivity contribution in [1.82, 2.24) is 0 Å². The molecule has 0 aromatic heterocycles. The third-order valence-electron chi connectivity index (χ3n) is 5.13. The van der Waals surface area contributed by atoms with Gasteiger partial charge in [-0.25, -0.2) is 0 Å². The number of unbranched alkanes of at least 4 members (excludes halogenated alkanes) is 2. The van der Waals surface area contributed by atoms with Gasteiger partial charge in [-0.2, -0.15) is 0 Å². The lowest BCUT2D eigenvalue weighted by Gasteiger charge is -2.31. The molecule has 132 valence electrons. The number of hydrogen-bond acceptors (Lipinski definition) is 3. The van der Waals surface area contributed by atoms with Gasteiger partial charge in [-0.1, -0.05) is 43.6 Å². The summed E-state index contributed by atoms with van der Waals surface area (Å²) < 4.78 is 0. The number of phenolic OH excluding ortho intramolecular Hbond substituents is 3. The fourth-order valence-corrected chi connectivity index (χ4v) is 3.70. The van der Waals surface area contributed by atoms with E-state index in [1.54, 1.807) is 6.07 Å². The minimum atomic E-state index is -0.177. The van der Waals surface area contributed by atoms with E-state index in [-0.39, 0.29) is 29.1 Å². The standard InChI is InChI=1S/C21H30O3/c1-5-6-7-8-15-12-18(22)19(21(24)20(15)23)17-11-14(4)9-10-16(17)13(2)3/h11-12,16-17,22-24H,2,5-10H2,1,3-4H3. The number of aryl methyl sites for hydroxylation is 1. The smallest absolute Gasteiger partial charge is 0.165 e. The van der Waals surface area contributed by atoms with Crippen molar-refractivity contribution in [3.05, 3.63) is 41.0 Å². The Bertz CT molecular complexity index is 643. The predicted molar refractivity (Wildman–Crippen MR) is 98.7 cm³/mol. The minimum Gasteiger partial charge on any atom is -0.507 e. The molecule has 3 heteroatoms. The van der Waals surface area contributed by atoms with Gasteiger partial charge in [0.05, 0.1) is 0 Å². The fraction of sp³-hybridized carbons (Fsp3) is 0.524. The summed E-state index contributed by atoms with van der Waals surface area (Å²) in [6.45, 7) is 10.2. The van der Waals surface area contributed by atoms with Gasteiger partial charge in [0.15, 0.2) is 11.5 Å². The van der Waals surface area contributed by atoms with Crippen LogP contribution in [-0.2, 0) is 6.42 Å². The number of allylic oxidation sites excluding steroid dienone is 3. The summed E-state index contributed by atoms with van der Waals surface area (Å²) in [6.07, 6.45) is 7.77. The first-order chi connectivity index (χ1) is 11.4. The van der Waals surface area contributed by atoms with E-state index in [0.29, 0.717) is 17.5 Å². The molecule has 0 amide bonds. The van der Waals surface area contributed by atoms with Gasteiger partial charge in [-0.05, 0) is 51.5 Å². The summed E-state index contributed by atoms with van der Waals surface area (Å²) in [6, 6.07) is 1.62. The van der Waals surface area contributed by atoms with Gasteiger partial charge in [-0.15, -0.1) is 0 Å². The lowest BCUT2D eigenvalue weighted by atomic mass is 9.73. The van der Waals surface area contributed by atoms with E-state index in [1.807, 2.05) is 6.92 Å². The SMILES string of the molecule is C=C(C)C1CCC(C)=CC1c1c(O)cc(CCCCC)c(O)c1O. The van der Waals surface area contributed by atoms with E-state index in [4.69, 9.17) is 0 Å². The molecule has 2 unspecified atom stereocenters. The van der Waals surface area contributed by atoms with Crippen LogP contribution in [0.4, 0.5) is 0 Å². The Balaban J connectivity index is 2.44. The summed E-state index contributed by atoms with van der Waals surface area (Å²) in [5.41, 5.74) is 3.32. The summed E-state index contributed by atoms with van der Waals surface area (Å²) in [7, 11) is 0. The first-order valence-electron chi connectivity index (χ1n) is 8.96. The Morgan fingerprint density at radius 3 is 2.54 bits per heavy atom. The van der Waals surface area contributed by atoms with E-state index < -0.39 is 0 Å². The fourth-order valence-electron chi connectivity index (χ4n) is 3.70. The molecule has 0 heterocycles. The average Bonchev–Trinajstić information content (AvgIpc) is 2.52. The van der Waals surface area contributed by atoms with Crippen LogP contribution in [0.3, 0.4) is 0 Å². The van der Waals surface area contributed by atoms with E-state index in [9.17, 15) is 15.3 Å². The molecule has 0 saturated heterocycles. The molecule has 2 rings (SSSR count). The second-order valence-corrected chi connectivity index (χ2v) is 7.15. The number of aromatic hydroxyl groups is 3. The van der Waals surface area contributed by atoms with Crippen molar-refractivity contribution in [3.8, 4) is 17.2 Å². The van der Waals surface area contributed by atoms with Crippen molar-refractivity contribution in [3.63, 3.8) is 0 Å². The molecule has 1 aliphatic carbocycles. The van der Waals surface area contributed by atoms with E-state index in [1.165, 1.54) is 5.57 Å². The molecule has 2 atom stereocenters. The largest absolute Gasteiger partial charge is 0.507 e. The molecule has 1 aromatic rings. The van der Waals surface area contributed by atoms with Gasteiger partial charge in [-0.3, -0.25) is 0 Å². The molecule has 1 aliphatic rings. The molecule has 1 aromatic carbocycles. The molecular weight excluding hydrogens is 300 g/mol. The zero-order chi connectivity index (χ0) is 17.9. The number of phenols is 3. The minimum absolute atomic E-state index is 0.0685. The second kappa shape index (κ2) is 7.78. The Labute approximate surface area is 145 Å². The summed E-state index contributed by atoms with van der Waals surface area (Å²) in [5, 5.41) is 31.6. The molecule has 24 heavy (non-hydrogen) atoms. The Morgan fingerprint density at radius 2 is 1.92 bits per heavy atom. The molecule has 3 N–H and O–H groups in total. The molecule has 0 spiro atoms. The lowest BCUT2D eigenvalue weighted by Crippen LogP contribution is -2.17. The maximum absolute atomic E-state index is 10.6. The quantitative estimate of drug-likeness (QED) is 0.277. The highest BCUT2D eigenvalue weighted by Crippen LogP contribution is 2.49. The second-order valence-electron chi connectivity index (χ2n) is 7.15. The van der Waals surface area contributed by atoms with E-state index in [0.717, 1.165) is 37.7 Å². The van der Waals surface area contributed by atoms with Gasteiger partial charge in [0, 0.05) is 17.0 Å². The molecule has 0 bridgehead atoms. The highest BCUT2D eigenvalue weighted by atomic mass is 16.3.